The predicted octanol–water partition coefficient (Wildman–Crippen LogP) is 3.55. The zero-order chi connectivity index (χ0) is 21.5. The van der Waals surface area contributed by atoms with Crippen molar-refractivity contribution in [3.63, 3.8) is 0 Å². The van der Waals surface area contributed by atoms with Gasteiger partial charge in [-0.2, -0.15) is 0 Å². The van der Waals surface area contributed by atoms with Crippen molar-refractivity contribution in [2.24, 2.45) is 0 Å². The summed E-state index contributed by atoms with van der Waals surface area (Å²) in [5.74, 6) is -1.18. The normalized spacial score (nSPS) is 11.5. The molecular formula is C21H17FN4O3S. The zero-order valence-electron chi connectivity index (χ0n) is 15.8. The van der Waals surface area contributed by atoms with E-state index in [4.69, 9.17) is 5.73 Å². The van der Waals surface area contributed by atoms with E-state index in [1.54, 1.807) is 36.5 Å². The number of fused-ring (bicyclic) bond motifs is 1. The van der Waals surface area contributed by atoms with Crippen LogP contribution in [0.3, 0.4) is 0 Å². The van der Waals surface area contributed by atoms with Gasteiger partial charge in [-0.25, -0.2) is 17.8 Å². The summed E-state index contributed by atoms with van der Waals surface area (Å²) in [4.78, 5) is 20.2. The number of pyridine rings is 1. The first-order chi connectivity index (χ1) is 14.2. The number of anilines is 2. The van der Waals surface area contributed by atoms with Crippen LogP contribution >= 0.6 is 0 Å². The first-order valence-electron chi connectivity index (χ1n) is 8.86. The Bertz CT molecular complexity index is 1400. The molecule has 0 atom stereocenters. The fourth-order valence-corrected chi connectivity index (χ4v) is 3.74. The quantitative estimate of drug-likeness (QED) is 0.334. The Labute approximate surface area is 171 Å². The van der Waals surface area contributed by atoms with Crippen LogP contribution in [0.4, 0.5) is 15.8 Å². The molecule has 152 valence electrons. The maximum absolute atomic E-state index is 14.2. The molecule has 0 fully saturated rings. The number of carbonyl (C=O) groups is 1. The number of aromatic amines is 1. The number of nitrogens with one attached hydrogen (secondary N) is 2. The average Bonchev–Trinajstić information content (AvgIpc) is 3.11. The monoisotopic (exact) mass is 424 g/mol. The summed E-state index contributed by atoms with van der Waals surface area (Å²) in [6, 6.07) is 12.4. The van der Waals surface area contributed by atoms with E-state index >= 15 is 0 Å². The van der Waals surface area contributed by atoms with E-state index in [-0.39, 0.29) is 16.8 Å². The number of H-pyrrole nitrogens is 1. The van der Waals surface area contributed by atoms with Crippen molar-refractivity contribution in [1.29, 1.82) is 0 Å². The summed E-state index contributed by atoms with van der Waals surface area (Å²) in [7, 11) is -3.42. The Morgan fingerprint density at radius 1 is 1.10 bits per heavy atom. The van der Waals surface area contributed by atoms with Crippen LogP contribution in [0, 0.1) is 5.82 Å². The van der Waals surface area contributed by atoms with E-state index in [0.717, 1.165) is 12.3 Å². The summed E-state index contributed by atoms with van der Waals surface area (Å²) in [5.41, 5.74) is 8.37. The Kier molecular flexibility index (Phi) is 4.75. The molecule has 0 aliphatic rings. The van der Waals surface area contributed by atoms with Gasteiger partial charge in [0, 0.05) is 40.3 Å². The highest BCUT2D eigenvalue weighted by Gasteiger charge is 2.19. The van der Waals surface area contributed by atoms with Crippen LogP contribution in [0.15, 0.2) is 60.9 Å². The van der Waals surface area contributed by atoms with Gasteiger partial charge in [-0.15, -0.1) is 0 Å². The number of nitrogens with zero attached hydrogens (tertiary/aromatic N) is 1. The Hall–Kier alpha value is -3.72. The smallest absolute Gasteiger partial charge is 0.229 e. The lowest BCUT2D eigenvalue weighted by atomic mass is 10.0. The van der Waals surface area contributed by atoms with Gasteiger partial charge in [0.2, 0.25) is 10.0 Å². The molecule has 2 heterocycles. The molecule has 0 saturated heterocycles. The van der Waals surface area contributed by atoms with Gasteiger partial charge in [0.1, 0.15) is 11.5 Å². The third kappa shape index (κ3) is 3.87. The second kappa shape index (κ2) is 7.27. The number of nitrogen functional groups attached to an aromatic ring is 1. The van der Waals surface area contributed by atoms with Crippen LogP contribution in [-0.4, -0.2) is 30.4 Å². The fraction of sp³-hybridized carbons (Fsp3) is 0.0476. The number of nitrogens with two attached hydrogens (primary N) is 1. The van der Waals surface area contributed by atoms with Crippen molar-refractivity contribution < 1.29 is 17.6 Å². The highest BCUT2D eigenvalue weighted by Crippen LogP contribution is 2.28. The summed E-state index contributed by atoms with van der Waals surface area (Å²) in [6.07, 6.45) is 4.15. The van der Waals surface area contributed by atoms with Crippen molar-refractivity contribution in [2.45, 2.75) is 0 Å². The van der Waals surface area contributed by atoms with Crippen molar-refractivity contribution in [3.8, 4) is 11.1 Å². The molecule has 9 heteroatoms. The van der Waals surface area contributed by atoms with Gasteiger partial charge >= 0.3 is 0 Å². The molecule has 0 saturated carbocycles. The minimum absolute atomic E-state index is 0.124. The summed E-state index contributed by atoms with van der Waals surface area (Å²) >= 11 is 0. The van der Waals surface area contributed by atoms with Crippen LogP contribution in [-0.2, 0) is 10.0 Å². The van der Waals surface area contributed by atoms with Gasteiger partial charge in [0.05, 0.1) is 11.8 Å². The van der Waals surface area contributed by atoms with Crippen LogP contribution in [0.5, 0.6) is 0 Å². The maximum atomic E-state index is 14.2. The minimum atomic E-state index is -3.42. The van der Waals surface area contributed by atoms with Crippen molar-refractivity contribution in [1.82, 2.24) is 9.97 Å². The van der Waals surface area contributed by atoms with Gasteiger partial charge < -0.3 is 10.7 Å². The van der Waals surface area contributed by atoms with E-state index in [1.165, 1.54) is 18.3 Å². The van der Waals surface area contributed by atoms with E-state index < -0.39 is 21.6 Å². The predicted molar refractivity (Wildman–Crippen MR) is 114 cm³/mol. The highest BCUT2D eigenvalue weighted by atomic mass is 32.2. The van der Waals surface area contributed by atoms with Crippen molar-refractivity contribution in [2.75, 3.05) is 16.7 Å². The number of benzene rings is 2. The second-order valence-corrected chi connectivity index (χ2v) is 8.59. The van der Waals surface area contributed by atoms with Gasteiger partial charge in [-0.3, -0.25) is 9.52 Å². The molecule has 4 aromatic rings. The lowest BCUT2D eigenvalue weighted by molar-refractivity contribution is 0.103. The molecule has 0 amide bonds. The Morgan fingerprint density at radius 2 is 1.90 bits per heavy atom. The molecule has 2 aromatic heterocycles. The third-order valence-electron chi connectivity index (χ3n) is 4.51. The molecule has 0 bridgehead atoms. The topological polar surface area (TPSA) is 118 Å². The number of hydrogen-bond acceptors (Lipinski definition) is 5. The Morgan fingerprint density at radius 3 is 2.67 bits per heavy atom. The summed E-state index contributed by atoms with van der Waals surface area (Å²) in [6.45, 7) is 0. The molecule has 4 rings (SSSR count). The lowest BCUT2D eigenvalue weighted by Crippen LogP contribution is -2.09. The van der Waals surface area contributed by atoms with E-state index in [1.807, 2.05) is 0 Å². The summed E-state index contributed by atoms with van der Waals surface area (Å²) < 4.78 is 39.6. The van der Waals surface area contributed by atoms with Crippen molar-refractivity contribution in [3.05, 3.63) is 77.9 Å². The van der Waals surface area contributed by atoms with Gasteiger partial charge in [0.25, 0.3) is 0 Å². The second-order valence-electron chi connectivity index (χ2n) is 6.85. The van der Waals surface area contributed by atoms with Crippen molar-refractivity contribution >= 4 is 38.2 Å². The first kappa shape index (κ1) is 19.6. The van der Waals surface area contributed by atoms with Gasteiger partial charge in [-0.05, 0) is 42.0 Å². The number of aromatic nitrogens is 2. The largest absolute Gasteiger partial charge is 0.399 e. The van der Waals surface area contributed by atoms with Crippen LogP contribution in [0.1, 0.15) is 15.9 Å². The molecule has 0 spiro atoms. The number of halogens is 1. The number of sulfonamides is 1. The molecule has 2 aromatic carbocycles. The minimum Gasteiger partial charge on any atom is -0.399 e. The van der Waals surface area contributed by atoms with E-state index in [9.17, 15) is 17.6 Å². The fourth-order valence-electron chi connectivity index (χ4n) is 3.19. The van der Waals surface area contributed by atoms with E-state index in [2.05, 4.69) is 14.7 Å². The molecule has 0 aliphatic carbocycles. The Balaban J connectivity index is 1.78. The zero-order valence-corrected chi connectivity index (χ0v) is 16.6. The molecular weight excluding hydrogens is 407 g/mol. The first-order valence-corrected chi connectivity index (χ1v) is 10.8. The summed E-state index contributed by atoms with van der Waals surface area (Å²) in [5, 5.41) is 0.515. The standard InChI is InChI=1S/C21H17FN4O3S/c1-30(28,29)26-15-4-2-3-12(7-15)13-8-16-18(11-25-21(16)24-10-13)20(27)17-9-14(23)5-6-19(17)22/h2-11,26H,23H2,1H3,(H,24,25). The lowest BCUT2D eigenvalue weighted by Gasteiger charge is -2.07. The average molecular weight is 424 g/mol. The highest BCUT2D eigenvalue weighted by molar-refractivity contribution is 7.92. The van der Waals surface area contributed by atoms with Gasteiger partial charge in [-0.1, -0.05) is 12.1 Å². The molecule has 7 nitrogen and oxygen atoms in total. The van der Waals surface area contributed by atoms with Crippen LogP contribution in [0.25, 0.3) is 22.2 Å². The van der Waals surface area contributed by atoms with Crippen LogP contribution in [0.2, 0.25) is 0 Å². The number of ketones is 1. The SMILES string of the molecule is CS(=O)(=O)Nc1cccc(-c2cnc3[nH]cc(C(=O)c4cc(N)ccc4F)c3c2)c1. The molecule has 30 heavy (non-hydrogen) atoms. The van der Waals surface area contributed by atoms with Crippen LogP contribution < -0.4 is 10.5 Å². The van der Waals surface area contributed by atoms with Gasteiger partial charge in [0.15, 0.2) is 5.78 Å². The number of carbonyl (C=O) groups excluding carboxylic acids is 1. The number of hydrogen-bond donors (Lipinski definition) is 3. The maximum Gasteiger partial charge on any atom is 0.229 e. The van der Waals surface area contributed by atoms with E-state index in [0.29, 0.717) is 27.8 Å². The molecule has 0 aliphatic heterocycles. The third-order valence-corrected chi connectivity index (χ3v) is 5.12. The molecule has 0 unspecified atom stereocenters. The molecule has 0 radical (unpaired) electrons. The number of rotatable bonds is 5. The molecule has 4 N–H and O–H groups in total.